The maximum absolute atomic E-state index is 12.9. The van der Waals surface area contributed by atoms with Crippen LogP contribution in [0.1, 0.15) is 29.8 Å². The molecular weight excluding hydrogens is 331 g/mol. The Labute approximate surface area is 142 Å². The molecule has 1 saturated carbocycles. The standard InChI is InChI=1S/C16H17FN4O2S/c17-10-1-3-12(4-2-10)20-16-21-13(9-24-16)15(23)18-8-7-14(22)19-11-5-6-11/h1-4,9,11H,5-8H2,(H,18,23)(H,19,22)(H,20,21). The summed E-state index contributed by atoms with van der Waals surface area (Å²) in [5.74, 6) is -0.683. The predicted molar refractivity (Wildman–Crippen MR) is 89.9 cm³/mol. The lowest BCUT2D eigenvalue weighted by Crippen LogP contribution is -2.31. The number of hydrogen-bond acceptors (Lipinski definition) is 5. The molecule has 0 bridgehead atoms. The second-order valence-corrected chi connectivity index (χ2v) is 6.38. The van der Waals surface area contributed by atoms with Crippen LogP contribution in [0.3, 0.4) is 0 Å². The highest BCUT2D eigenvalue weighted by atomic mass is 32.1. The van der Waals surface area contributed by atoms with Crippen molar-refractivity contribution in [3.63, 3.8) is 0 Å². The Morgan fingerprint density at radius 2 is 2.00 bits per heavy atom. The second-order valence-electron chi connectivity index (χ2n) is 5.52. The van der Waals surface area contributed by atoms with Crippen LogP contribution in [0.25, 0.3) is 0 Å². The molecule has 126 valence electrons. The van der Waals surface area contributed by atoms with Gasteiger partial charge in [-0.2, -0.15) is 0 Å². The second kappa shape index (κ2) is 7.39. The van der Waals surface area contributed by atoms with Gasteiger partial charge in [-0.25, -0.2) is 9.37 Å². The molecule has 1 aromatic carbocycles. The molecule has 0 unspecified atom stereocenters. The van der Waals surface area contributed by atoms with E-state index in [4.69, 9.17) is 0 Å². The van der Waals surface area contributed by atoms with Crippen molar-refractivity contribution in [1.82, 2.24) is 15.6 Å². The van der Waals surface area contributed by atoms with Crippen molar-refractivity contribution >= 4 is 34.0 Å². The molecule has 0 aliphatic heterocycles. The fraction of sp³-hybridized carbons (Fsp3) is 0.312. The number of hydrogen-bond donors (Lipinski definition) is 3. The summed E-state index contributed by atoms with van der Waals surface area (Å²) >= 11 is 1.28. The SMILES string of the molecule is O=C(CCNC(=O)c1csc(Nc2ccc(F)cc2)n1)NC1CC1. The van der Waals surface area contributed by atoms with E-state index in [0.717, 1.165) is 12.8 Å². The van der Waals surface area contributed by atoms with Crippen molar-refractivity contribution in [2.45, 2.75) is 25.3 Å². The normalized spacial score (nSPS) is 13.4. The van der Waals surface area contributed by atoms with Crippen LogP contribution in [0.4, 0.5) is 15.2 Å². The van der Waals surface area contributed by atoms with Crippen molar-refractivity contribution in [2.24, 2.45) is 0 Å². The zero-order valence-electron chi connectivity index (χ0n) is 12.8. The van der Waals surface area contributed by atoms with Gasteiger partial charge in [-0.15, -0.1) is 11.3 Å². The summed E-state index contributed by atoms with van der Waals surface area (Å²) in [6.45, 7) is 0.273. The molecule has 0 atom stereocenters. The van der Waals surface area contributed by atoms with E-state index in [9.17, 15) is 14.0 Å². The smallest absolute Gasteiger partial charge is 0.270 e. The first-order valence-electron chi connectivity index (χ1n) is 7.66. The molecule has 0 spiro atoms. The number of aromatic nitrogens is 1. The molecule has 1 heterocycles. The van der Waals surface area contributed by atoms with E-state index in [2.05, 4.69) is 20.9 Å². The molecule has 1 fully saturated rings. The average Bonchev–Trinajstić information content (AvgIpc) is 3.24. The minimum atomic E-state index is -0.322. The Bertz CT molecular complexity index is 728. The van der Waals surface area contributed by atoms with Gasteiger partial charge in [-0.3, -0.25) is 9.59 Å². The van der Waals surface area contributed by atoms with Crippen molar-refractivity contribution < 1.29 is 14.0 Å². The Morgan fingerprint density at radius 1 is 1.25 bits per heavy atom. The molecule has 3 rings (SSSR count). The molecule has 6 nitrogen and oxygen atoms in total. The average molecular weight is 348 g/mol. The van der Waals surface area contributed by atoms with Crippen LogP contribution in [0.2, 0.25) is 0 Å². The maximum atomic E-state index is 12.9. The fourth-order valence-electron chi connectivity index (χ4n) is 2.00. The van der Waals surface area contributed by atoms with Gasteiger partial charge < -0.3 is 16.0 Å². The first-order valence-corrected chi connectivity index (χ1v) is 8.54. The largest absolute Gasteiger partial charge is 0.353 e. The first kappa shape index (κ1) is 16.4. The molecular formula is C16H17FN4O2S. The van der Waals surface area contributed by atoms with Crippen molar-refractivity contribution in [1.29, 1.82) is 0 Å². The van der Waals surface area contributed by atoms with Crippen molar-refractivity contribution in [3.05, 3.63) is 41.2 Å². The minimum absolute atomic E-state index is 0.0465. The van der Waals surface area contributed by atoms with Gasteiger partial charge >= 0.3 is 0 Å². The number of carbonyl (C=O) groups excluding carboxylic acids is 2. The Kier molecular flexibility index (Phi) is 5.05. The van der Waals surface area contributed by atoms with Crippen LogP contribution in [-0.2, 0) is 4.79 Å². The monoisotopic (exact) mass is 348 g/mol. The number of amides is 2. The highest BCUT2D eigenvalue weighted by Gasteiger charge is 2.22. The highest BCUT2D eigenvalue weighted by Crippen LogP contribution is 2.21. The van der Waals surface area contributed by atoms with E-state index in [1.165, 1.54) is 23.5 Å². The molecule has 0 saturated heterocycles. The van der Waals surface area contributed by atoms with Crippen LogP contribution in [-0.4, -0.2) is 29.4 Å². The van der Waals surface area contributed by atoms with Crippen LogP contribution in [0.5, 0.6) is 0 Å². The van der Waals surface area contributed by atoms with E-state index >= 15 is 0 Å². The topological polar surface area (TPSA) is 83.1 Å². The molecule has 24 heavy (non-hydrogen) atoms. The highest BCUT2D eigenvalue weighted by molar-refractivity contribution is 7.14. The molecule has 2 amide bonds. The third-order valence-corrected chi connectivity index (χ3v) is 4.17. The molecule has 8 heteroatoms. The lowest BCUT2D eigenvalue weighted by molar-refractivity contribution is -0.121. The van der Waals surface area contributed by atoms with Gasteiger partial charge in [0.2, 0.25) is 5.91 Å². The number of carbonyl (C=O) groups is 2. The summed E-state index contributed by atoms with van der Waals surface area (Å²) in [6.07, 6.45) is 2.34. The number of halogens is 1. The summed E-state index contributed by atoms with van der Waals surface area (Å²) in [5.41, 5.74) is 0.974. The van der Waals surface area contributed by atoms with Gasteiger partial charge in [0.15, 0.2) is 5.13 Å². The van der Waals surface area contributed by atoms with Gasteiger partial charge in [-0.05, 0) is 37.1 Å². The zero-order valence-corrected chi connectivity index (χ0v) is 13.7. The van der Waals surface area contributed by atoms with Crippen LogP contribution in [0.15, 0.2) is 29.6 Å². The van der Waals surface area contributed by atoms with Crippen molar-refractivity contribution in [3.8, 4) is 0 Å². The van der Waals surface area contributed by atoms with E-state index < -0.39 is 0 Å². The third kappa shape index (κ3) is 4.76. The summed E-state index contributed by atoms with van der Waals surface area (Å²) in [4.78, 5) is 27.7. The number of anilines is 2. The van der Waals surface area contributed by atoms with Gasteiger partial charge in [0.25, 0.3) is 5.91 Å². The summed E-state index contributed by atoms with van der Waals surface area (Å²) in [7, 11) is 0. The Balaban J connectivity index is 1.46. The molecule has 1 aliphatic carbocycles. The number of rotatable bonds is 7. The minimum Gasteiger partial charge on any atom is -0.353 e. The molecule has 2 aromatic rings. The van der Waals surface area contributed by atoms with E-state index in [-0.39, 0.29) is 36.3 Å². The van der Waals surface area contributed by atoms with Gasteiger partial charge in [0, 0.05) is 30.1 Å². The van der Waals surface area contributed by atoms with Gasteiger partial charge in [-0.1, -0.05) is 0 Å². The Morgan fingerprint density at radius 3 is 2.71 bits per heavy atom. The summed E-state index contributed by atoms with van der Waals surface area (Å²) < 4.78 is 12.9. The van der Waals surface area contributed by atoms with Gasteiger partial charge in [0.05, 0.1) is 0 Å². The summed E-state index contributed by atoms with van der Waals surface area (Å²) in [5, 5.41) is 10.7. The number of thiazole rings is 1. The lowest BCUT2D eigenvalue weighted by Gasteiger charge is -2.04. The van der Waals surface area contributed by atoms with Gasteiger partial charge in [0.1, 0.15) is 11.5 Å². The Hall–Kier alpha value is -2.48. The summed E-state index contributed by atoms with van der Waals surface area (Å²) in [6, 6.07) is 6.20. The number of nitrogens with zero attached hydrogens (tertiary/aromatic N) is 1. The molecule has 3 N–H and O–H groups in total. The van der Waals surface area contributed by atoms with E-state index in [1.807, 2.05) is 0 Å². The molecule has 1 aliphatic rings. The van der Waals surface area contributed by atoms with Crippen molar-refractivity contribution in [2.75, 3.05) is 11.9 Å². The molecule has 1 aromatic heterocycles. The van der Waals surface area contributed by atoms with Crippen LogP contribution >= 0.6 is 11.3 Å². The van der Waals surface area contributed by atoms with Crippen LogP contribution < -0.4 is 16.0 Å². The number of benzene rings is 1. The lowest BCUT2D eigenvalue weighted by atomic mass is 10.3. The number of nitrogens with one attached hydrogen (secondary N) is 3. The van der Waals surface area contributed by atoms with E-state index in [1.54, 1.807) is 17.5 Å². The zero-order chi connectivity index (χ0) is 16.9. The van der Waals surface area contributed by atoms with E-state index in [0.29, 0.717) is 16.9 Å². The molecule has 0 radical (unpaired) electrons. The van der Waals surface area contributed by atoms with Crippen LogP contribution in [0, 0.1) is 5.82 Å². The predicted octanol–water partition coefficient (Wildman–Crippen LogP) is 2.42. The first-order chi connectivity index (χ1) is 11.6. The fourth-order valence-corrected chi connectivity index (χ4v) is 2.71. The quantitative estimate of drug-likeness (QED) is 0.718. The maximum Gasteiger partial charge on any atom is 0.270 e. The third-order valence-electron chi connectivity index (χ3n) is 3.41.